The van der Waals surface area contributed by atoms with Gasteiger partial charge in [0.25, 0.3) is 5.91 Å². The summed E-state index contributed by atoms with van der Waals surface area (Å²) < 4.78 is 13.2. The summed E-state index contributed by atoms with van der Waals surface area (Å²) in [5.41, 5.74) is 2.31. The zero-order chi connectivity index (χ0) is 18.3. The molecule has 3 aromatic rings. The van der Waals surface area contributed by atoms with Crippen LogP contribution in [0.5, 0.6) is 0 Å². The van der Waals surface area contributed by atoms with E-state index >= 15 is 0 Å². The molecule has 0 unspecified atom stereocenters. The molecule has 4 heterocycles. The molecule has 0 N–H and O–H groups in total. The van der Waals surface area contributed by atoms with Gasteiger partial charge in [0.15, 0.2) is 0 Å². The summed E-state index contributed by atoms with van der Waals surface area (Å²) in [5.74, 6) is 0.975. The topological polar surface area (TPSA) is 85.8 Å². The van der Waals surface area contributed by atoms with E-state index in [2.05, 4.69) is 15.2 Å². The molecule has 0 bridgehead atoms. The quantitative estimate of drug-likeness (QED) is 0.717. The van der Waals surface area contributed by atoms with Crippen molar-refractivity contribution in [1.29, 1.82) is 0 Å². The van der Waals surface area contributed by atoms with Crippen molar-refractivity contribution in [3.8, 4) is 0 Å². The minimum Gasteiger partial charge on any atom is -0.423 e. The molecule has 1 saturated heterocycles. The van der Waals surface area contributed by atoms with Crippen LogP contribution in [0.15, 0.2) is 28.9 Å². The predicted molar refractivity (Wildman–Crippen MR) is 92.9 cm³/mol. The largest absolute Gasteiger partial charge is 0.423 e. The van der Waals surface area contributed by atoms with E-state index in [1.807, 2.05) is 43.5 Å². The van der Waals surface area contributed by atoms with Gasteiger partial charge in [-0.3, -0.25) is 9.20 Å². The van der Waals surface area contributed by atoms with Crippen LogP contribution in [0.25, 0.3) is 5.65 Å². The monoisotopic (exact) mass is 355 g/mol. The summed E-state index contributed by atoms with van der Waals surface area (Å²) >= 11 is 0. The zero-order valence-electron chi connectivity index (χ0n) is 15.0. The number of carbonyl (C=O) groups is 1. The van der Waals surface area contributed by atoms with Gasteiger partial charge in [0.05, 0.1) is 19.4 Å². The fourth-order valence-electron chi connectivity index (χ4n) is 3.06. The molecule has 26 heavy (non-hydrogen) atoms. The van der Waals surface area contributed by atoms with Crippen molar-refractivity contribution >= 4 is 11.6 Å². The number of imidazole rings is 1. The highest BCUT2D eigenvalue weighted by Gasteiger charge is 2.34. The first kappa shape index (κ1) is 16.7. The Labute approximate surface area is 150 Å². The van der Waals surface area contributed by atoms with Crippen LogP contribution >= 0.6 is 0 Å². The normalized spacial score (nSPS) is 18.0. The Morgan fingerprint density at radius 1 is 1.31 bits per heavy atom. The Kier molecular flexibility index (Phi) is 4.20. The van der Waals surface area contributed by atoms with Crippen LogP contribution in [-0.4, -0.2) is 50.1 Å². The van der Waals surface area contributed by atoms with Gasteiger partial charge in [-0.05, 0) is 18.6 Å². The number of carbonyl (C=O) groups excluding carboxylic acids is 1. The highest BCUT2D eigenvalue weighted by Crippen LogP contribution is 2.27. The van der Waals surface area contributed by atoms with E-state index in [1.54, 1.807) is 11.1 Å². The van der Waals surface area contributed by atoms with Gasteiger partial charge in [0.1, 0.15) is 17.4 Å². The first-order valence-corrected chi connectivity index (χ1v) is 8.70. The molecule has 136 valence electrons. The number of fused-ring (bicyclic) bond motifs is 1. The maximum atomic E-state index is 13.2. The van der Waals surface area contributed by atoms with Gasteiger partial charge >= 0.3 is 0 Å². The fourth-order valence-corrected chi connectivity index (χ4v) is 3.06. The second-order valence-electron chi connectivity index (χ2n) is 6.80. The van der Waals surface area contributed by atoms with Gasteiger partial charge in [0, 0.05) is 18.7 Å². The van der Waals surface area contributed by atoms with Crippen LogP contribution in [0.4, 0.5) is 0 Å². The van der Waals surface area contributed by atoms with Crippen molar-refractivity contribution in [1.82, 2.24) is 24.5 Å². The smallest absolute Gasteiger partial charge is 0.273 e. The predicted octanol–water partition coefficient (Wildman–Crippen LogP) is 2.36. The average Bonchev–Trinajstić information content (AvgIpc) is 3.28. The fraction of sp³-hybridized carbons (Fsp3) is 0.444. The molecule has 4 rings (SSSR count). The van der Waals surface area contributed by atoms with Gasteiger partial charge in [-0.25, -0.2) is 4.98 Å². The maximum absolute atomic E-state index is 13.2. The van der Waals surface area contributed by atoms with E-state index in [-0.39, 0.29) is 11.8 Å². The molecule has 0 saturated carbocycles. The number of hydrogen-bond donors (Lipinski definition) is 0. The number of aromatic nitrogens is 4. The Balaban J connectivity index is 1.68. The molecule has 1 aliphatic rings. The van der Waals surface area contributed by atoms with Crippen molar-refractivity contribution in [2.24, 2.45) is 0 Å². The second kappa shape index (κ2) is 6.53. The molecule has 1 fully saturated rings. The first-order chi connectivity index (χ1) is 12.5. The van der Waals surface area contributed by atoms with Gasteiger partial charge < -0.3 is 14.1 Å². The Bertz CT molecular complexity index is 945. The Hall–Kier alpha value is -2.74. The highest BCUT2D eigenvalue weighted by molar-refractivity contribution is 5.93. The van der Waals surface area contributed by atoms with Crippen molar-refractivity contribution in [3.05, 3.63) is 47.6 Å². The second-order valence-corrected chi connectivity index (χ2v) is 6.80. The minimum atomic E-state index is -0.397. The van der Waals surface area contributed by atoms with Crippen LogP contribution in [0.3, 0.4) is 0 Å². The van der Waals surface area contributed by atoms with Crippen molar-refractivity contribution < 1.29 is 13.9 Å². The molecule has 0 aliphatic carbocycles. The average molecular weight is 355 g/mol. The maximum Gasteiger partial charge on any atom is 0.273 e. The van der Waals surface area contributed by atoms with Crippen LogP contribution in [-0.2, 0) is 4.74 Å². The lowest BCUT2D eigenvalue weighted by atomic mass is 10.2. The van der Waals surface area contributed by atoms with E-state index < -0.39 is 6.04 Å². The molecule has 0 aromatic carbocycles. The molecule has 0 spiro atoms. The van der Waals surface area contributed by atoms with Gasteiger partial charge in [-0.15, -0.1) is 10.2 Å². The first-order valence-electron chi connectivity index (χ1n) is 8.70. The number of nitrogens with zero attached hydrogens (tertiary/aromatic N) is 5. The standard InChI is InChI=1S/C18H21N5O3/c1-11(2)16-20-21-17(26-16)14-10-25-7-6-22(14)18(24)13-8-19-15-5-4-12(3)9-23(13)15/h4-5,8-9,11,14H,6-7,10H2,1-3H3/t14-/m0/s1. The van der Waals surface area contributed by atoms with E-state index in [9.17, 15) is 4.79 Å². The van der Waals surface area contributed by atoms with Crippen LogP contribution < -0.4 is 0 Å². The molecule has 0 radical (unpaired) electrons. The number of rotatable bonds is 3. The van der Waals surface area contributed by atoms with E-state index in [1.165, 1.54) is 0 Å². The van der Waals surface area contributed by atoms with Crippen LogP contribution in [0, 0.1) is 6.92 Å². The van der Waals surface area contributed by atoms with Gasteiger partial charge in [-0.1, -0.05) is 19.9 Å². The van der Waals surface area contributed by atoms with Crippen molar-refractivity contribution in [2.75, 3.05) is 19.8 Å². The minimum absolute atomic E-state index is 0.124. The summed E-state index contributed by atoms with van der Waals surface area (Å²) in [6.45, 7) is 7.22. The number of morpholine rings is 1. The number of aryl methyl sites for hydroxylation is 1. The summed E-state index contributed by atoms with van der Waals surface area (Å²) in [4.78, 5) is 19.3. The number of hydrogen-bond acceptors (Lipinski definition) is 6. The van der Waals surface area contributed by atoms with E-state index in [0.29, 0.717) is 37.2 Å². The third kappa shape index (κ3) is 2.86. The summed E-state index contributed by atoms with van der Waals surface area (Å²) in [7, 11) is 0. The molecule has 1 atom stereocenters. The molecule has 8 nitrogen and oxygen atoms in total. The summed E-state index contributed by atoms with van der Waals surface area (Å²) in [6, 6.07) is 3.47. The molecular formula is C18H21N5O3. The third-order valence-corrected chi connectivity index (χ3v) is 4.50. The molecule has 3 aromatic heterocycles. The van der Waals surface area contributed by atoms with Crippen molar-refractivity contribution in [3.63, 3.8) is 0 Å². The summed E-state index contributed by atoms with van der Waals surface area (Å²) in [6.07, 6.45) is 3.52. The molecule has 1 aliphatic heterocycles. The van der Waals surface area contributed by atoms with Crippen LogP contribution in [0.1, 0.15) is 53.6 Å². The van der Waals surface area contributed by atoms with Crippen molar-refractivity contribution in [2.45, 2.75) is 32.7 Å². The SMILES string of the molecule is Cc1ccc2ncc(C(=O)N3CCOC[C@H]3c3nnc(C(C)C)o3)n2c1. The Morgan fingerprint density at radius 2 is 2.15 bits per heavy atom. The number of pyridine rings is 1. The van der Waals surface area contributed by atoms with E-state index in [0.717, 1.165) is 11.2 Å². The lowest BCUT2D eigenvalue weighted by molar-refractivity contribution is -0.0111. The van der Waals surface area contributed by atoms with Gasteiger partial charge in [-0.2, -0.15) is 0 Å². The van der Waals surface area contributed by atoms with E-state index in [4.69, 9.17) is 9.15 Å². The lowest BCUT2D eigenvalue weighted by Gasteiger charge is -2.33. The number of ether oxygens (including phenoxy) is 1. The van der Waals surface area contributed by atoms with Crippen LogP contribution in [0.2, 0.25) is 0 Å². The van der Waals surface area contributed by atoms with Gasteiger partial charge in [0.2, 0.25) is 11.8 Å². The zero-order valence-corrected chi connectivity index (χ0v) is 15.0. The molecular weight excluding hydrogens is 334 g/mol. The molecule has 8 heteroatoms. The third-order valence-electron chi connectivity index (χ3n) is 4.50. The Morgan fingerprint density at radius 3 is 2.92 bits per heavy atom. The molecule has 1 amide bonds. The number of amides is 1. The highest BCUT2D eigenvalue weighted by atomic mass is 16.5. The lowest BCUT2D eigenvalue weighted by Crippen LogP contribution is -2.44. The summed E-state index contributed by atoms with van der Waals surface area (Å²) in [5, 5.41) is 8.22.